The molecule has 2 aliphatic rings. The normalized spacial score (nSPS) is 37.5. The summed E-state index contributed by atoms with van der Waals surface area (Å²) in [6, 6.07) is 0. The molecule has 1 spiro atoms. The van der Waals surface area contributed by atoms with E-state index in [9.17, 15) is 8.42 Å². The maximum Gasteiger partial charge on any atom is 0.211 e. The van der Waals surface area contributed by atoms with E-state index in [2.05, 4.69) is 13.8 Å². The molecule has 0 bridgehead atoms. The van der Waals surface area contributed by atoms with Crippen LogP contribution in [0.15, 0.2) is 0 Å². The zero-order valence-corrected chi connectivity index (χ0v) is 11.6. The van der Waals surface area contributed by atoms with Gasteiger partial charge in [-0.05, 0) is 31.1 Å². The van der Waals surface area contributed by atoms with Gasteiger partial charge in [-0.2, -0.15) is 0 Å². The molecule has 0 amide bonds. The molecule has 100 valence electrons. The van der Waals surface area contributed by atoms with Crippen LogP contribution in [0.2, 0.25) is 0 Å². The van der Waals surface area contributed by atoms with Crippen LogP contribution in [0.1, 0.15) is 46.0 Å². The molecule has 17 heavy (non-hydrogen) atoms. The van der Waals surface area contributed by atoms with Crippen molar-refractivity contribution in [1.29, 1.82) is 0 Å². The van der Waals surface area contributed by atoms with Crippen molar-refractivity contribution in [2.75, 3.05) is 12.4 Å². The molecular formula is C12H23NO3S. The van der Waals surface area contributed by atoms with Crippen molar-refractivity contribution >= 4 is 10.0 Å². The number of hydrogen-bond donors (Lipinski definition) is 1. The van der Waals surface area contributed by atoms with E-state index < -0.39 is 10.0 Å². The number of sulfonamides is 1. The van der Waals surface area contributed by atoms with Crippen LogP contribution in [0.4, 0.5) is 0 Å². The molecular weight excluding hydrogens is 238 g/mol. The Morgan fingerprint density at radius 1 is 1.29 bits per heavy atom. The molecule has 0 aromatic heterocycles. The van der Waals surface area contributed by atoms with Crippen molar-refractivity contribution < 1.29 is 13.2 Å². The molecule has 2 unspecified atom stereocenters. The third-order valence-electron chi connectivity index (χ3n) is 4.34. The SMILES string of the molecule is CC1(C)CCCC2(CCOC2CS(N)(=O)=O)C1. The summed E-state index contributed by atoms with van der Waals surface area (Å²) >= 11 is 0. The van der Waals surface area contributed by atoms with Gasteiger partial charge in [-0.25, -0.2) is 13.6 Å². The Morgan fingerprint density at radius 3 is 2.59 bits per heavy atom. The minimum Gasteiger partial charge on any atom is -0.377 e. The van der Waals surface area contributed by atoms with Crippen LogP contribution in [0.3, 0.4) is 0 Å². The van der Waals surface area contributed by atoms with Crippen LogP contribution in [0.25, 0.3) is 0 Å². The van der Waals surface area contributed by atoms with E-state index in [0.717, 1.165) is 25.7 Å². The largest absolute Gasteiger partial charge is 0.377 e. The Kier molecular flexibility index (Phi) is 3.30. The number of primary sulfonamides is 1. The monoisotopic (exact) mass is 261 g/mol. The molecule has 0 aromatic rings. The van der Waals surface area contributed by atoms with Gasteiger partial charge in [0.2, 0.25) is 10.0 Å². The Labute approximate surface area is 104 Å². The summed E-state index contributed by atoms with van der Waals surface area (Å²) in [4.78, 5) is 0. The Morgan fingerprint density at radius 2 is 2.00 bits per heavy atom. The fraction of sp³-hybridized carbons (Fsp3) is 1.00. The summed E-state index contributed by atoms with van der Waals surface area (Å²) < 4.78 is 28.2. The van der Waals surface area contributed by atoms with Crippen LogP contribution < -0.4 is 5.14 Å². The van der Waals surface area contributed by atoms with Crippen LogP contribution in [0, 0.1) is 10.8 Å². The van der Waals surface area contributed by atoms with Crippen LogP contribution in [-0.2, 0) is 14.8 Å². The van der Waals surface area contributed by atoms with Gasteiger partial charge in [0.1, 0.15) is 0 Å². The van der Waals surface area contributed by atoms with Crippen molar-refractivity contribution in [2.45, 2.75) is 52.1 Å². The molecule has 2 N–H and O–H groups in total. The molecule has 0 aromatic carbocycles. The predicted octanol–water partition coefficient (Wildman–Crippen LogP) is 1.65. The van der Waals surface area contributed by atoms with Gasteiger partial charge in [0, 0.05) is 12.0 Å². The second-order valence-electron chi connectivity index (χ2n) is 6.50. The lowest BCUT2D eigenvalue weighted by Crippen LogP contribution is -2.43. The standard InChI is InChI=1S/C12H23NO3S/c1-11(2)4-3-5-12(9-11)6-7-16-10(12)8-17(13,14)15/h10H,3-9H2,1-2H3,(H2,13,14,15). The molecule has 4 nitrogen and oxygen atoms in total. The van der Waals surface area contributed by atoms with Crippen LogP contribution >= 0.6 is 0 Å². The van der Waals surface area contributed by atoms with Gasteiger partial charge in [-0.3, -0.25) is 0 Å². The third-order valence-corrected chi connectivity index (χ3v) is 5.11. The predicted molar refractivity (Wildman–Crippen MR) is 67.0 cm³/mol. The Hall–Kier alpha value is -0.130. The van der Waals surface area contributed by atoms with Crippen molar-refractivity contribution in [3.8, 4) is 0 Å². The quantitative estimate of drug-likeness (QED) is 0.821. The first-order valence-electron chi connectivity index (χ1n) is 6.35. The van der Waals surface area contributed by atoms with Crippen LogP contribution in [-0.4, -0.2) is 26.9 Å². The third kappa shape index (κ3) is 3.01. The average Bonchev–Trinajstić information content (AvgIpc) is 2.44. The lowest BCUT2D eigenvalue weighted by atomic mass is 9.61. The van der Waals surface area contributed by atoms with Gasteiger partial charge in [0.25, 0.3) is 0 Å². The minimum atomic E-state index is -3.45. The first-order valence-corrected chi connectivity index (χ1v) is 8.06. The lowest BCUT2D eigenvalue weighted by molar-refractivity contribution is 0.00795. The maximum atomic E-state index is 11.3. The fourth-order valence-corrected chi connectivity index (χ4v) is 4.59. The first-order chi connectivity index (χ1) is 7.73. The van der Waals surface area contributed by atoms with Crippen molar-refractivity contribution in [1.82, 2.24) is 0 Å². The topological polar surface area (TPSA) is 69.4 Å². The molecule has 5 heteroatoms. The minimum absolute atomic E-state index is 0.0247. The zero-order chi connectivity index (χ0) is 12.7. The van der Waals surface area contributed by atoms with Gasteiger partial charge in [-0.15, -0.1) is 0 Å². The van der Waals surface area contributed by atoms with Crippen molar-refractivity contribution in [3.63, 3.8) is 0 Å². The zero-order valence-electron chi connectivity index (χ0n) is 10.7. The highest BCUT2D eigenvalue weighted by Crippen LogP contribution is 2.53. The van der Waals surface area contributed by atoms with Gasteiger partial charge < -0.3 is 4.74 Å². The molecule has 1 saturated heterocycles. The van der Waals surface area contributed by atoms with Gasteiger partial charge in [-0.1, -0.05) is 20.3 Å². The van der Waals surface area contributed by atoms with Gasteiger partial charge >= 0.3 is 0 Å². The smallest absolute Gasteiger partial charge is 0.211 e. The summed E-state index contributed by atoms with van der Waals surface area (Å²) in [7, 11) is -3.45. The summed E-state index contributed by atoms with van der Waals surface area (Å²) in [5, 5.41) is 5.17. The van der Waals surface area contributed by atoms with Gasteiger partial charge in [0.05, 0.1) is 11.9 Å². The molecule has 1 heterocycles. The molecule has 1 aliphatic carbocycles. The van der Waals surface area contributed by atoms with E-state index in [1.807, 2.05) is 0 Å². The maximum absolute atomic E-state index is 11.3. The summed E-state index contributed by atoms with van der Waals surface area (Å²) in [5.41, 5.74) is 0.344. The fourth-order valence-electron chi connectivity index (χ4n) is 3.72. The molecule has 2 atom stereocenters. The highest BCUT2D eigenvalue weighted by atomic mass is 32.2. The molecule has 2 fully saturated rings. The molecule has 0 radical (unpaired) electrons. The summed E-state index contributed by atoms with van der Waals surface area (Å²) in [6.07, 6.45) is 5.30. The van der Waals surface area contributed by atoms with E-state index in [1.165, 1.54) is 6.42 Å². The van der Waals surface area contributed by atoms with E-state index in [0.29, 0.717) is 12.0 Å². The van der Waals surface area contributed by atoms with Gasteiger partial charge in [0.15, 0.2) is 0 Å². The second kappa shape index (κ2) is 4.21. The molecule has 1 aliphatic heterocycles. The lowest BCUT2D eigenvalue weighted by Gasteiger charge is -2.45. The number of rotatable bonds is 2. The average molecular weight is 261 g/mol. The highest BCUT2D eigenvalue weighted by molar-refractivity contribution is 7.89. The molecule has 2 rings (SSSR count). The molecule has 1 saturated carbocycles. The van der Waals surface area contributed by atoms with E-state index in [1.54, 1.807) is 0 Å². The number of ether oxygens (including phenoxy) is 1. The van der Waals surface area contributed by atoms with E-state index >= 15 is 0 Å². The van der Waals surface area contributed by atoms with E-state index in [4.69, 9.17) is 9.88 Å². The van der Waals surface area contributed by atoms with Crippen LogP contribution in [0.5, 0.6) is 0 Å². The summed E-state index contributed by atoms with van der Waals surface area (Å²) in [5.74, 6) is -0.0247. The first kappa shape index (κ1) is 13.3. The van der Waals surface area contributed by atoms with Crippen molar-refractivity contribution in [2.24, 2.45) is 16.0 Å². The number of hydrogen-bond acceptors (Lipinski definition) is 3. The van der Waals surface area contributed by atoms with Crippen molar-refractivity contribution in [3.05, 3.63) is 0 Å². The highest BCUT2D eigenvalue weighted by Gasteiger charge is 2.49. The Balaban J connectivity index is 2.17. The Bertz CT molecular complexity index is 391. The second-order valence-corrected chi connectivity index (χ2v) is 8.15. The van der Waals surface area contributed by atoms with E-state index in [-0.39, 0.29) is 17.3 Å². The summed E-state index contributed by atoms with van der Waals surface area (Å²) in [6.45, 7) is 5.21. The number of nitrogens with two attached hydrogens (primary N) is 1.